The van der Waals surface area contributed by atoms with Crippen LogP contribution in [0.2, 0.25) is 0 Å². The van der Waals surface area contributed by atoms with E-state index >= 15 is 0 Å². The van der Waals surface area contributed by atoms with Crippen LogP contribution in [0.1, 0.15) is 18.9 Å². The Kier molecular flexibility index (Phi) is 3.43. The van der Waals surface area contributed by atoms with E-state index < -0.39 is 12.0 Å². The van der Waals surface area contributed by atoms with Gasteiger partial charge < -0.3 is 5.11 Å². The molecule has 0 bridgehead atoms. The lowest BCUT2D eigenvalue weighted by Gasteiger charge is -2.23. The molecular weight excluding hydrogens is 221 g/mol. The van der Waals surface area contributed by atoms with Crippen LogP contribution in [0.3, 0.4) is 0 Å². The van der Waals surface area contributed by atoms with Crippen LogP contribution in [0.25, 0.3) is 0 Å². The highest BCUT2D eigenvalue weighted by Gasteiger charge is 2.36. The number of benzene rings is 1. The average molecular weight is 237 g/mol. The summed E-state index contributed by atoms with van der Waals surface area (Å²) >= 11 is 0. The van der Waals surface area contributed by atoms with Crippen molar-refractivity contribution in [3.8, 4) is 0 Å². The summed E-state index contributed by atoms with van der Waals surface area (Å²) in [5.41, 5.74) is 0.824. The van der Waals surface area contributed by atoms with E-state index in [4.69, 9.17) is 0 Å². The molecule has 0 radical (unpaired) electrons. The summed E-state index contributed by atoms with van der Waals surface area (Å²) in [5, 5.41) is 9.17. The quantitative estimate of drug-likeness (QED) is 0.875. The fraction of sp³-hybridized carbons (Fsp3) is 0.462. The van der Waals surface area contributed by atoms with Crippen molar-refractivity contribution >= 4 is 5.97 Å². The summed E-state index contributed by atoms with van der Waals surface area (Å²) in [5.74, 6) is -0.908. The molecule has 1 aliphatic rings. The van der Waals surface area contributed by atoms with E-state index in [2.05, 4.69) is 0 Å². The predicted molar refractivity (Wildman–Crippen MR) is 62.0 cm³/mol. The maximum atomic E-state index is 13.0. The number of carboxylic acids is 1. The molecule has 92 valence electrons. The molecule has 1 saturated heterocycles. The molecule has 1 aromatic carbocycles. The van der Waals surface area contributed by atoms with Gasteiger partial charge in [0.05, 0.1) is 0 Å². The standard InChI is InChI=1S/C13H16FNO2/c1-9-5-6-15(12(9)13(16)17)8-10-3-2-4-11(14)7-10/h2-4,7,9,12H,5-6,8H2,1H3,(H,16,17). The summed E-state index contributed by atoms with van der Waals surface area (Å²) in [6.07, 6.45) is 0.881. The minimum atomic E-state index is -0.786. The van der Waals surface area contributed by atoms with Gasteiger partial charge in [0.25, 0.3) is 0 Å². The Morgan fingerprint density at radius 3 is 3.00 bits per heavy atom. The summed E-state index contributed by atoms with van der Waals surface area (Å²) in [6, 6.07) is 5.88. The maximum absolute atomic E-state index is 13.0. The Labute approximate surface area is 99.9 Å². The first-order chi connectivity index (χ1) is 8.08. The number of carbonyl (C=O) groups is 1. The van der Waals surface area contributed by atoms with Crippen molar-refractivity contribution in [3.63, 3.8) is 0 Å². The first-order valence-electron chi connectivity index (χ1n) is 5.79. The molecule has 1 N–H and O–H groups in total. The molecule has 17 heavy (non-hydrogen) atoms. The van der Waals surface area contributed by atoms with Crippen molar-refractivity contribution < 1.29 is 14.3 Å². The van der Waals surface area contributed by atoms with Gasteiger partial charge in [-0.15, -0.1) is 0 Å². The molecule has 1 fully saturated rings. The first kappa shape index (κ1) is 12.0. The smallest absolute Gasteiger partial charge is 0.321 e. The zero-order valence-corrected chi connectivity index (χ0v) is 9.77. The van der Waals surface area contributed by atoms with E-state index in [0.29, 0.717) is 6.54 Å². The van der Waals surface area contributed by atoms with Gasteiger partial charge in [0.2, 0.25) is 0 Å². The second-order valence-corrected chi connectivity index (χ2v) is 4.65. The fourth-order valence-corrected chi connectivity index (χ4v) is 2.47. The number of hydrogen-bond acceptors (Lipinski definition) is 2. The Morgan fingerprint density at radius 2 is 2.35 bits per heavy atom. The molecule has 0 spiro atoms. The number of hydrogen-bond donors (Lipinski definition) is 1. The van der Waals surface area contributed by atoms with E-state index in [1.165, 1.54) is 12.1 Å². The SMILES string of the molecule is CC1CCN(Cc2cccc(F)c2)C1C(=O)O. The van der Waals surface area contributed by atoms with Crippen LogP contribution in [0, 0.1) is 11.7 Å². The number of likely N-dealkylation sites (tertiary alicyclic amines) is 1. The van der Waals surface area contributed by atoms with Gasteiger partial charge in [-0.3, -0.25) is 9.69 Å². The zero-order valence-electron chi connectivity index (χ0n) is 9.77. The third-order valence-electron chi connectivity index (χ3n) is 3.33. The summed E-state index contributed by atoms with van der Waals surface area (Å²) in [7, 11) is 0. The molecule has 1 heterocycles. The summed E-state index contributed by atoms with van der Waals surface area (Å²) in [4.78, 5) is 13.1. The van der Waals surface area contributed by atoms with Crippen LogP contribution in [-0.4, -0.2) is 28.6 Å². The summed E-state index contributed by atoms with van der Waals surface area (Å²) in [6.45, 7) is 3.21. The van der Waals surface area contributed by atoms with Crippen molar-refractivity contribution in [2.75, 3.05) is 6.54 Å². The van der Waals surface area contributed by atoms with Crippen LogP contribution < -0.4 is 0 Å². The Bertz CT molecular complexity index is 422. The molecular formula is C13H16FNO2. The molecule has 3 nitrogen and oxygen atoms in total. The van der Waals surface area contributed by atoms with Crippen molar-refractivity contribution in [1.82, 2.24) is 4.90 Å². The van der Waals surface area contributed by atoms with E-state index in [9.17, 15) is 14.3 Å². The number of halogens is 1. The van der Waals surface area contributed by atoms with Crippen molar-refractivity contribution in [1.29, 1.82) is 0 Å². The Morgan fingerprint density at radius 1 is 1.59 bits per heavy atom. The highest BCUT2D eigenvalue weighted by Crippen LogP contribution is 2.25. The molecule has 0 aliphatic carbocycles. The molecule has 1 aromatic rings. The fourth-order valence-electron chi connectivity index (χ4n) is 2.47. The number of carboxylic acid groups (broad SMARTS) is 1. The first-order valence-corrected chi connectivity index (χ1v) is 5.79. The van der Waals surface area contributed by atoms with Crippen LogP contribution in [0.15, 0.2) is 24.3 Å². The minimum absolute atomic E-state index is 0.154. The van der Waals surface area contributed by atoms with Crippen LogP contribution in [0.5, 0.6) is 0 Å². The number of rotatable bonds is 3. The number of nitrogens with zero attached hydrogens (tertiary/aromatic N) is 1. The molecule has 2 rings (SSSR count). The monoisotopic (exact) mass is 237 g/mol. The topological polar surface area (TPSA) is 40.5 Å². The molecule has 2 unspecified atom stereocenters. The van der Waals surface area contributed by atoms with E-state index in [0.717, 1.165) is 18.5 Å². The van der Waals surface area contributed by atoms with Gasteiger partial charge in [0.15, 0.2) is 0 Å². The minimum Gasteiger partial charge on any atom is -0.480 e. The van der Waals surface area contributed by atoms with Crippen molar-refractivity contribution in [3.05, 3.63) is 35.6 Å². The van der Waals surface area contributed by atoms with Crippen molar-refractivity contribution in [2.45, 2.75) is 25.9 Å². The lowest BCUT2D eigenvalue weighted by atomic mass is 10.0. The average Bonchev–Trinajstić information content (AvgIpc) is 2.59. The van der Waals surface area contributed by atoms with Gasteiger partial charge in [0, 0.05) is 6.54 Å². The molecule has 1 aliphatic heterocycles. The second-order valence-electron chi connectivity index (χ2n) is 4.65. The van der Waals surface area contributed by atoms with Gasteiger partial charge >= 0.3 is 5.97 Å². The third-order valence-corrected chi connectivity index (χ3v) is 3.33. The molecule has 4 heteroatoms. The highest BCUT2D eigenvalue weighted by molar-refractivity contribution is 5.74. The van der Waals surface area contributed by atoms with Gasteiger partial charge in [0.1, 0.15) is 11.9 Å². The van der Waals surface area contributed by atoms with Gasteiger partial charge in [-0.1, -0.05) is 19.1 Å². The van der Waals surface area contributed by atoms with Gasteiger partial charge in [-0.05, 0) is 36.6 Å². The van der Waals surface area contributed by atoms with E-state index in [-0.39, 0.29) is 11.7 Å². The molecule has 0 saturated carbocycles. The van der Waals surface area contributed by atoms with Gasteiger partial charge in [-0.2, -0.15) is 0 Å². The highest BCUT2D eigenvalue weighted by atomic mass is 19.1. The van der Waals surface area contributed by atoms with Crippen LogP contribution >= 0.6 is 0 Å². The predicted octanol–water partition coefficient (Wildman–Crippen LogP) is 2.12. The molecule has 0 amide bonds. The zero-order chi connectivity index (χ0) is 12.4. The lowest BCUT2D eigenvalue weighted by molar-refractivity contribution is -0.143. The third kappa shape index (κ3) is 2.64. The summed E-state index contributed by atoms with van der Waals surface area (Å²) < 4.78 is 13.0. The Balaban J connectivity index is 2.11. The largest absolute Gasteiger partial charge is 0.480 e. The van der Waals surface area contributed by atoms with Crippen LogP contribution in [0.4, 0.5) is 4.39 Å². The lowest BCUT2D eigenvalue weighted by Crippen LogP contribution is -2.38. The van der Waals surface area contributed by atoms with E-state index in [1.54, 1.807) is 6.07 Å². The van der Waals surface area contributed by atoms with Crippen molar-refractivity contribution in [2.24, 2.45) is 5.92 Å². The van der Waals surface area contributed by atoms with Crippen LogP contribution in [-0.2, 0) is 11.3 Å². The molecule has 0 aromatic heterocycles. The Hall–Kier alpha value is -1.42. The van der Waals surface area contributed by atoms with Gasteiger partial charge in [-0.25, -0.2) is 4.39 Å². The number of aliphatic carboxylic acids is 1. The normalized spacial score (nSPS) is 25.1. The van der Waals surface area contributed by atoms with E-state index in [1.807, 2.05) is 17.9 Å². The maximum Gasteiger partial charge on any atom is 0.321 e. The molecule has 2 atom stereocenters. The second kappa shape index (κ2) is 4.84.